The van der Waals surface area contributed by atoms with E-state index in [1.807, 2.05) is 24.3 Å². The van der Waals surface area contributed by atoms with Gasteiger partial charge in [0.05, 0.1) is 0 Å². The minimum absolute atomic E-state index is 0.405. The number of hydrogen-bond donors (Lipinski definition) is 0. The minimum Gasteiger partial charge on any atom is -0.246 e. The van der Waals surface area contributed by atoms with E-state index in [1.165, 1.54) is 30.9 Å². The molecule has 170 valence electrons. The summed E-state index contributed by atoms with van der Waals surface area (Å²) >= 11 is 1.77. The third kappa shape index (κ3) is 3.27. The molecule has 4 aromatic carbocycles. The normalized spacial score (nSPS) is 11.2. The van der Waals surface area contributed by atoms with Crippen molar-refractivity contribution in [1.82, 2.24) is 9.97 Å². The summed E-state index contributed by atoms with van der Waals surface area (Å²) in [5.74, 6) is 0. The molecule has 0 saturated carbocycles. The molecule has 4 nitrogen and oxygen atoms in total. The zero-order chi connectivity index (χ0) is 24.9. The van der Waals surface area contributed by atoms with Crippen molar-refractivity contribution in [2.75, 3.05) is 0 Å². The van der Waals surface area contributed by atoms with E-state index in [2.05, 4.69) is 82.8 Å². The number of hydrogen-bond acceptors (Lipinski definition) is 5. The molecular weight excluding hydrogens is 472 g/mol. The first-order chi connectivity index (χ1) is 18.2. The Bertz CT molecular complexity index is 1970. The van der Waals surface area contributed by atoms with Gasteiger partial charge in [-0.25, -0.2) is 9.97 Å². The zero-order valence-corrected chi connectivity index (χ0v) is 20.3. The minimum atomic E-state index is 0.405. The Balaban J connectivity index is 1.62. The number of benzene rings is 4. The fourth-order valence-corrected chi connectivity index (χ4v) is 6.51. The molecule has 0 N–H and O–H groups in total. The predicted octanol–water partition coefficient (Wildman–Crippen LogP) is 8.23. The highest BCUT2D eigenvalue weighted by Crippen LogP contribution is 2.47. The molecule has 3 heterocycles. The smallest absolute Gasteiger partial charge is 0.141 e. The van der Waals surface area contributed by atoms with Gasteiger partial charge in [-0.1, -0.05) is 48.5 Å². The highest BCUT2D eigenvalue weighted by molar-refractivity contribution is 7.26. The zero-order valence-electron chi connectivity index (χ0n) is 19.4. The molecule has 0 fully saturated rings. The lowest BCUT2D eigenvalue weighted by atomic mass is 9.92. The third-order valence-corrected chi connectivity index (χ3v) is 7.94. The highest BCUT2D eigenvalue weighted by Gasteiger charge is 2.18. The number of nitrogens with zero attached hydrogens (tertiary/aromatic N) is 4. The number of pyridine rings is 2. The fourth-order valence-electron chi connectivity index (χ4n) is 5.29. The second-order valence-corrected chi connectivity index (χ2v) is 9.95. The predicted molar refractivity (Wildman–Crippen MR) is 150 cm³/mol. The molecule has 0 saturated heterocycles. The van der Waals surface area contributed by atoms with Crippen LogP contribution >= 0.6 is 11.3 Å². The van der Waals surface area contributed by atoms with Gasteiger partial charge in [0, 0.05) is 32.6 Å². The van der Waals surface area contributed by atoms with Gasteiger partial charge in [0.1, 0.15) is 23.5 Å². The average Bonchev–Trinajstić information content (AvgIpc) is 3.35. The quantitative estimate of drug-likeness (QED) is 0.246. The largest absolute Gasteiger partial charge is 0.246 e. The first kappa shape index (κ1) is 21.2. The molecule has 7 aromatic rings. The maximum absolute atomic E-state index is 9.41. The van der Waals surface area contributed by atoms with Gasteiger partial charge < -0.3 is 0 Å². The maximum atomic E-state index is 9.41. The SMILES string of the molecule is N#Cc1cc(-c2cc3sc4cc(-c5ccnc(C#N)c5)c5ccccc5c4c3c3ccccc23)ccn1. The number of fused-ring (bicyclic) bond motifs is 7. The molecule has 0 spiro atoms. The number of aromatic nitrogens is 2. The molecule has 5 heteroatoms. The van der Waals surface area contributed by atoms with Crippen molar-refractivity contribution in [3.05, 3.63) is 109 Å². The monoisotopic (exact) mass is 488 g/mol. The number of thiophene rings is 1. The van der Waals surface area contributed by atoms with E-state index in [1.54, 1.807) is 23.7 Å². The summed E-state index contributed by atoms with van der Waals surface area (Å²) in [4.78, 5) is 8.32. The van der Waals surface area contributed by atoms with E-state index in [0.29, 0.717) is 11.4 Å². The van der Waals surface area contributed by atoms with Crippen molar-refractivity contribution in [2.24, 2.45) is 0 Å². The van der Waals surface area contributed by atoms with Crippen molar-refractivity contribution >= 4 is 53.1 Å². The van der Waals surface area contributed by atoms with Gasteiger partial charge in [0.25, 0.3) is 0 Å². The molecule has 0 aliphatic heterocycles. The van der Waals surface area contributed by atoms with Crippen molar-refractivity contribution in [2.45, 2.75) is 0 Å². The Morgan fingerprint density at radius 2 is 0.973 bits per heavy atom. The van der Waals surface area contributed by atoms with Crippen LogP contribution in [0.25, 0.3) is 64.0 Å². The van der Waals surface area contributed by atoms with Gasteiger partial charge in [-0.3, -0.25) is 0 Å². The average molecular weight is 489 g/mol. The summed E-state index contributed by atoms with van der Waals surface area (Å²) in [6.07, 6.45) is 3.39. The summed E-state index contributed by atoms with van der Waals surface area (Å²) in [6.45, 7) is 0. The molecule has 0 radical (unpaired) electrons. The summed E-state index contributed by atoms with van der Waals surface area (Å²) < 4.78 is 2.38. The van der Waals surface area contributed by atoms with Gasteiger partial charge in [-0.05, 0) is 80.2 Å². The summed E-state index contributed by atoms with van der Waals surface area (Å²) in [7, 11) is 0. The van der Waals surface area contributed by atoms with Crippen molar-refractivity contribution in [1.29, 1.82) is 10.5 Å². The molecule has 0 amide bonds. The third-order valence-electron chi connectivity index (χ3n) is 6.86. The number of rotatable bonds is 2. The van der Waals surface area contributed by atoms with E-state index in [0.717, 1.165) is 33.0 Å². The van der Waals surface area contributed by atoms with Crippen LogP contribution in [0.2, 0.25) is 0 Å². The molecule has 37 heavy (non-hydrogen) atoms. The first-order valence-electron chi connectivity index (χ1n) is 11.8. The number of nitriles is 2. The van der Waals surface area contributed by atoms with Crippen molar-refractivity contribution in [3.8, 4) is 34.4 Å². The van der Waals surface area contributed by atoms with Gasteiger partial charge in [0.2, 0.25) is 0 Å². The second kappa shape index (κ2) is 8.24. The van der Waals surface area contributed by atoms with Crippen LogP contribution in [-0.2, 0) is 0 Å². The second-order valence-electron chi connectivity index (χ2n) is 8.87. The van der Waals surface area contributed by atoms with E-state index < -0.39 is 0 Å². The van der Waals surface area contributed by atoms with Crippen molar-refractivity contribution < 1.29 is 0 Å². The van der Waals surface area contributed by atoms with Crippen LogP contribution in [0.15, 0.2) is 97.3 Å². The van der Waals surface area contributed by atoms with Crippen molar-refractivity contribution in [3.63, 3.8) is 0 Å². The van der Waals surface area contributed by atoms with Gasteiger partial charge in [-0.15, -0.1) is 11.3 Å². The molecular formula is C32H16N4S. The lowest BCUT2D eigenvalue weighted by Gasteiger charge is -2.11. The Hall–Kier alpha value is -5.10. The van der Waals surface area contributed by atoms with Crippen LogP contribution in [0.4, 0.5) is 0 Å². The van der Waals surface area contributed by atoms with E-state index in [4.69, 9.17) is 0 Å². The molecule has 0 aliphatic rings. The van der Waals surface area contributed by atoms with E-state index in [-0.39, 0.29) is 0 Å². The van der Waals surface area contributed by atoms with Crippen LogP contribution < -0.4 is 0 Å². The molecule has 0 unspecified atom stereocenters. The maximum Gasteiger partial charge on any atom is 0.141 e. The van der Waals surface area contributed by atoms with Gasteiger partial charge >= 0.3 is 0 Å². The van der Waals surface area contributed by atoms with Gasteiger partial charge in [-0.2, -0.15) is 10.5 Å². The molecule has 0 bridgehead atoms. The molecule has 0 atom stereocenters. The van der Waals surface area contributed by atoms with Crippen LogP contribution in [0.1, 0.15) is 11.4 Å². The first-order valence-corrected chi connectivity index (χ1v) is 12.6. The Kier molecular flexibility index (Phi) is 4.72. The van der Waals surface area contributed by atoms with Crippen LogP contribution in [0.3, 0.4) is 0 Å². The molecule has 7 rings (SSSR count). The lowest BCUT2D eigenvalue weighted by Crippen LogP contribution is -1.87. The summed E-state index contributed by atoms with van der Waals surface area (Å²) in [5, 5.41) is 26.0. The van der Waals surface area contributed by atoms with Gasteiger partial charge in [0.15, 0.2) is 0 Å². The van der Waals surface area contributed by atoms with Crippen LogP contribution in [0, 0.1) is 22.7 Å². The highest BCUT2D eigenvalue weighted by atomic mass is 32.1. The summed E-state index contributed by atoms with van der Waals surface area (Å²) in [5.41, 5.74) is 4.95. The van der Waals surface area contributed by atoms with E-state index in [9.17, 15) is 10.5 Å². The molecule has 3 aromatic heterocycles. The molecule has 0 aliphatic carbocycles. The Morgan fingerprint density at radius 3 is 1.41 bits per heavy atom. The summed E-state index contributed by atoms with van der Waals surface area (Å²) in [6, 6.07) is 33.4. The van der Waals surface area contributed by atoms with Crippen LogP contribution in [-0.4, -0.2) is 9.97 Å². The lowest BCUT2D eigenvalue weighted by molar-refractivity contribution is 1.27. The van der Waals surface area contributed by atoms with Crippen LogP contribution in [0.5, 0.6) is 0 Å². The Morgan fingerprint density at radius 1 is 0.541 bits per heavy atom. The Labute approximate surface area is 216 Å². The topological polar surface area (TPSA) is 73.4 Å². The van der Waals surface area contributed by atoms with E-state index >= 15 is 0 Å². The fraction of sp³-hybridized carbons (Fsp3) is 0. The standard InChI is InChI=1S/C32H16N4S/c33-17-21-13-19(9-11-35-21)27-15-29-31(25-7-3-1-5-23(25)27)32-26-8-4-2-6-24(26)28(16-30(32)37-29)20-10-12-36-22(14-20)18-34/h1-16H.